The lowest BCUT2D eigenvalue weighted by Gasteiger charge is -2.08. The van der Waals surface area contributed by atoms with E-state index in [4.69, 9.17) is 17.3 Å². The molecule has 0 aromatic heterocycles. The molecule has 0 unspecified atom stereocenters. The molecule has 0 atom stereocenters. The molecule has 0 heterocycles. The summed E-state index contributed by atoms with van der Waals surface area (Å²) in [6.07, 6.45) is 0. The van der Waals surface area contributed by atoms with E-state index in [0.29, 0.717) is 21.8 Å². The maximum Gasteiger partial charge on any atom is 0.195 e. The minimum Gasteiger partial charge on any atom is -0.398 e. The number of fused-ring (bicyclic) bond motifs is 1. The zero-order chi connectivity index (χ0) is 15.0. The van der Waals surface area contributed by atoms with Crippen LogP contribution in [-0.2, 0) is 0 Å². The van der Waals surface area contributed by atoms with E-state index in [-0.39, 0.29) is 5.78 Å². The van der Waals surface area contributed by atoms with E-state index in [1.165, 1.54) is 0 Å². The van der Waals surface area contributed by atoms with Crippen molar-refractivity contribution in [1.82, 2.24) is 0 Å². The predicted molar refractivity (Wildman–Crippen MR) is 88.0 cm³/mol. The van der Waals surface area contributed by atoms with Crippen LogP contribution in [0.5, 0.6) is 0 Å². The molecule has 0 aliphatic heterocycles. The fourth-order valence-electron chi connectivity index (χ4n) is 2.34. The van der Waals surface area contributed by atoms with Crippen LogP contribution >= 0.6 is 11.6 Å². The van der Waals surface area contributed by atoms with Crippen molar-refractivity contribution < 1.29 is 4.79 Å². The molecule has 2 nitrogen and oxygen atoms in total. The third-order valence-electron chi connectivity index (χ3n) is 3.60. The predicted octanol–water partition coefficient (Wildman–Crippen LogP) is 4.61. The number of nitrogen functional groups attached to an aromatic ring is 1. The largest absolute Gasteiger partial charge is 0.398 e. The Morgan fingerprint density at radius 1 is 1.00 bits per heavy atom. The molecule has 3 rings (SSSR count). The van der Waals surface area contributed by atoms with Gasteiger partial charge in [-0.1, -0.05) is 48.0 Å². The third kappa shape index (κ3) is 2.50. The van der Waals surface area contributed by atoms with Crippen molar-refractivity contribution in [2.24, 2.45) is 0 Å². The number of aryl methyl sites for hydroxylation is 1. The maximum atomic E-state index is 12.6. The molecule has 0 saturated carbocycles. The summed E-state index contributed by atoms with van der Waals surface area (Å²) in [5, 5.41) is 2.60. The summed E-state index contributed by atoms with van der Waals surface area (Å²) in [7, 11) is 0. The van der Waals surface area contributed by atoms with Crippen LogP contribution in [0, 0.1) is 6.92 Å². The number of anilines is 1. The van der Waals surface area contributed by atoms with Gasteiger partial charge in [0.25, 0.3) is 0 Å². The summed E-state index contributed by atoms with van der Waals surface area (Å²) in [4.78, 5) is 12.6. The quantitative estimate of drug-likeness (QED) is 0.554. The lowest BCUT2D eigenvalue weighted by atomic mass is 9.97. The first-order chi connectivity index (χ1) is 10.1. The summed E-state index contributed by atoms with van der Waals surface area (Å²) < 4.78 is 0. The lowest BCUT2D eigenvalue weighted by Crippen LogP contribution is -2.05. The van der Waals surface area contributed by atoms with Gasteiger partial charge in [-0.25, -0.2) is 0 Å². The van der Waals surface area contributed by atoms with Crippen molar-refractivity contribution in [3.05, 3.63) is 76.3 Å². The number of benzene rings is 3. The van der Waals surface area contributed by atoms with E-state index in [1.54, 1.807) is 12.1 Å². The Bertz CT molecular complexity index is 855. The van der Waals surface area contributed by atoms with Gasteiger partial charge >= 0.3 is 0 Å². The summed E-state index contributed by atoms with van der Waals surface area (Å²) in [5.41, 5.74) is 8.52. The molecule has 3 aromatic rings. The zero-order valence-electron chi connectivity index (χ0n) is 11.6. The maximum absolute atomic E-state index is 12.6. The highest BCUT2D eigenvalue weighted by atomic mass is 35.5. The summed E-state index contributed by atoms with van der Waals surface area (Å²) >= 11 is 6.10. The van der Waals surface area contributed by atoms with E-state index in [9.17, 15) is 4.79 Å². The average molecular weight is 296 g/mol. The minimum absolute atomic E-state index is 0.111. The number of nitrogens with two attached hydrogens (primary N) is 1. The standard InChI is InChI=1S/C18H14ClNO/c1-11-6-7-14(9-16(11)19)18(21)15-8-12-4-2-3-5-13(12)10-17(15)20/h2-10H,20H2,1H3. The first-order valence-electron chi connectivity index (χ1n) is 6.65. The number of halogens is 1. The fourth-order valence-corrected chi connectivity index (χ4v) is 2.52. The molecular weight excluding hydrogens is 282 g/mol. The molecule has 104 valence electrons. The number of rotatable bonds is 2. The van der Waals surface area contributed by atoms with Gasteiger partial charge in [-0.15, -0.1) is 0 Å². The van der Waals surface area contributed by atoms with Crippen LogP contribution in [0.15, 0.2) is 54.6 Å². The van der Waals surface area contributed by atoms with Crippen molar-refractivity contribution >= 4 is 33.8 Å². The number of hydrogen-bond acceptors (Lipinski definition) is 2. The highest BCUT2D eigenvalue weighted by molar-refractivity contribution is 6.32. The molecule has 0 fully saturated rings. The van der Waals surface area contributed by atoms with Crippen LogP contribution in [-0.4, -0.2) is 5.78 Å². The summed E-state index contributed by atoms with van der Waals surface area (Å²) in [5.74, 6) is -0.111. The van der Waals surface area contributed by atoms with E-state index in [2.05, 4.69) is 0 Å². The Morgan fingerprint density at radius 2 is 1.67 bits per heavy atom. The van der Waals surface area contributed by atoms with Crippen LogP contribution < -0.4 is 5.73 Å². The van der Waals surface area contributed by atoms with Crippen molar-refractivity contribution in [1.29, 1.82) is 0 Å². The van der Waals surface area contributed by atoms with E-state index >= 15 is 0 Å². The Balaban J connectivity index is 2.12. The Hall–Kier alpha value is -2.32. The molecule has 0 bridgehead atoms. The van der Waals surface area contributed by atoms with Crippen molar-refractivity contribution in [3.8, 4) is 0 Å². The van der Waals surface area contributed by atoms with Gasteiger partial charge in [-0.2, -0.15) is 0 Å². The van der Waals surface area contributed by atoms with Crippen molar-refractivity contribution in [2.45, 2.75) is 6.92 Å². The molecule has 3 heteroatoms. The topological polar surface area (TPSA) is 43.1 Å². The molecule has 0 radical (unpaired) electrons. The Morgan fingerprint density at radius 3 is 2.33 bits per heavy atom. The van der Waals surface area contributed by atoms with Gasteiger partial charge < -0.3 is 5.73 Å². The smallest absolute Gasteiger partial charge is 0.195 e. The molecule has 2 N–H and O–H groups in total. The monoisotopic (exact) mass is 295 g/mol. The normalized spacial score (nSPS) is 10.8. The van der Waals surface area contributed by atoms with Gasteiger partial charge in [0.05, 0.1) is 0 Å². The SMILES string of the molecule is Cc1ccc(C(=O)c2cc3ccccc3cc2N)cc1Cl. The second-order valence-electron chi connectivity index (χ2n) is 5.08. The van der Waals surface area contributed by atoms with Gasteiger partial charge in [0.1, 0.15) is 0 Å². The number of hydrogen-bond donors (Lipinski definition) is 1. The van der Waals surface area contributed by atoms with E-state index < -0.39 is 0 Å². The lowest BCUT2D eigenvalue weighted by molar-refractivity contribution is 0.103. The van der Waals surface area contributed by atoms with Gasteiger partial charge in [0.15, 0.2) is 5.78 Å². The third-order valence-corrected chi connectivity index (χ3v) is 4.00. The summed E-state index contributed by atoms with van der Waals surface area (Å²) in [6.45, 7) is 1.90. The minimum atomic E-state index is -0.111. The molecular formula is C18H14ClNO. The molecule has 0 aliphatic carbocycles. The number of ketones is 1. The molecule has 0 saturated heterocycles. The van der Waals surface area contributed by atoms with Gasteiger partial charge in [0.2, 0.25) is 0 Å². The van der Waals surface area contributed by atoms with Gasteiger partial charge in [-0.05, 0) is 41.5 Å². The number of carbonyl (C=O) groups is 1. The zero-order valence-corrected chi connectivity index (χ0v) is 12.3. The van der Waals surface area contributed by atoms with E-state index in [1.807, 2.05) is 49.4 Å². The molecule has 21 heavy (non-hydrogen) atoms. The van der Waals surface area contributed by atoms with Gasteiger partial charge in [-0.3, -0.25) is 4.79 Å². The molecule has 0 spiro atoms. The van der Waals surface area contributed by atoms with Gasteiger partial charge in [0, 0.05) is 21.8 Å². The second-order valence-corrected chi connectivity index (χ2v) is 5.49. The number of carbonyl (C=O) groups excluding carboxylic acids is 1. The average Bonchev–Trinajstić information content (AvgIpc) is 2.48. The molecule has 0 aliphatic rings. The van der Waals surface area contributed by atoms with Crippen LogP contribution in [0.3, 0.4) is 0 Å². The Labute approximate surface area is 128 Å². The summed E-state index contributed by atoms with van der Waals surface area (Å²) in [6, 6.07) is 16.8. The van der Waals surface area contributed by atoms with Crippen molar-refractivity contribution in [3.63, 3.8) is 0 Å². The van der Waals surface area contributed by atoms with Crippen LogP contribution in [0.4, 0.5) is 5.69 Å². The molecule has 0 amide bonds. The first kappa shape index (κ1) is 13.7. The first-order valence-corrected chi connectivity index (χ1v) is 7.03. The fraction of sp³-hybridized carbons (Fsp3) is 0.0556. The van der Waals surface area contributed by atoms with E-state index in [0.717, 1.165) is 16.3 Å². The van der Waals surface area contributed by atoms with Crippen LogP contribution in [0.1, 0.15) is 21.5 Å². The molecule has 3 aromatic carbocycles. The van der Waals surface area contributed by atoms with Crippen LogP contribution in [0.2, 0.25) is 5.02 Å². The van der Waals surface area contributed by atoms with Crippen LogP contribution in [0.25, 0.3) is 10.8 Å². The highest BCUT2D eigenvalue weighted by Gasteiger charge is 2.14. The van der Waals surface area contributed by atoms with Crippen molar-refractivity contribution in [2.75, 3.05) is 5.73 Å². The Kier molecular flexibility index (Phi) is 3.40. The second kappa shape index (κ2) is 5.23. The highest BCUT2D eigenvalue weighted by Crippen LogP contribution is 2.25.